The molecule has 0 fully saturated rings. The quantitative estimate of drug-likeness (QED) is 0.576. The van der Waals surface area contributed by atoms with Crippen LogP contribution in [0, 0.1) is 0 Å². The van der Waals surface area contributed by atoms with E-state index in [-0.39, 0.29) is 4.90 Å². The van der Waals surface area contributed by atoms with Crippen LogP contribution in [-0.2, 0) is 10.0 Å². The van der Waals surface area contributed by atoms with Gasteiger partial charge in [0.15, 0.2) is 0 Å². The van der Waals surface area contributed by atoms with Gasteiger partial charge in [0.2, 0.25) is 10.0 Å². The highest BCUT2D eigenvalue weighted by molar-refractivity contribution is 7.89. The number of anilines is 2. The predicted octanol–water partition coefficient (Wildman–Crippen LogP) is 3.72. The molecular formula is C19H22N4O2S2. The Morgan fingerprint density at radius 1 is 1.00 bits per heavy atom. The van der Waals surface area contributed by atoms with Crippen molar-refractivity contribution < 1.29 is 8.42 Å². The lowest BCUT2D eigenvalue weighted by Gasteiger charge is -2.21. The maximum atomic E-state index is 12.9. The van der Waals surface area contributed by atoms with Crippen LogP contribution in [-0.4, -0.2) is 18.9 Å². The van der Waals surface area contributed by atoms with Gasteiger partial charge in [-0.25, -0.2) is 18.1 Å². The zero-order chi connectivity index (χ0) is 19.8. The molecule has 0 bridgehead atoms. The van der Waals surface area contributed by atoms with Crippen LogP contribution in [0.1, 0.15) is 20.8 Å². The molecule has 0 aliphatic heterocycles. The number of hydrogen-bond acceptors (Lipinski definition) is 6. The fraction of sp³-hybridized carbons (Fsp3) is 0.211. The lowest BCUT2D eigenvalue weighted by Crippen LogP contribution is -2.40. The summed E-state index contributed by atoms with van der Waals surface area (Å²) in [6.45, 7) is 5.38. The molecule has 142 valence electrons. The van der Waals surface area contributed by atoms with Crippen LogP contribution in [0.15, 0.2) is 53.6 Å². The maximum absolute atomic E-state index is 12.9. The summed E-state index contributed by atoms with van der Waals surface area (Å²) in [7, 11) is -3.75. The summed E-state index contributed by atoms with van der Waals surface area (Å²) < 4.78 is 28.5. The number of hydrogen-bond donors (Lipinski definition) is 3. The van der Waals surface area contributed by atoms with E-state index in [1.54, 1.807) is 39.1 Å². The minimum absolute atomic E-state index is 0.143. The average molecular weight is 403 g/mol. The maximum Gasteiger partial charge on any atom is 0.241 e. The molecule has 3 aromatic rings. The largest absolute Gasteiger partial charge is 0.399 e. The van der Waals surface area contributed by atoms with Gasteiger partial charge in [-0.05, 0) is 57.2 Å². The highest BCUT2D eigenvalue weighted by atomic mass is 32.2. The van der Waals surface area contributed by atoms with Crippen molar-refractivity contribution in [3.63, 3.8) is 0 Å². The number of rotatable bonds is 4. The van der Waals surface area contributed by atoms with E-state index >= 15 is 0 Å². The second-order valence-corrected chi connectivity index (χ2v) is 9.94. The van der Waals surface area contributed by atoms with Crippen LogP contribution in [0.5, 0.6) is 0 Å². The lowest BCUT2D eigenvalue weighted by atomic mass is 10.1. The zero-order valence-electron chi connectivity index (χ0n) is 15.4. The van der Waals surface area contributed by atoms with E-state index in [9.17, 15) is 8.42 Å². The average Bonchev–Trinajstić information content (AvgIpc) is 3.03. The normalized spacial score (nSPS) is 12.3. The Balaban J connectivity index is 2.07. The minimum Gasteiger partial charge on any atom is -0.399 e. The Morgan fingerprint density at radius 2 is 1.63 bits per heavy atom. The van der Waals surface area contributed by atoms with E-state index in [0.29, 0.717) is 16.9 Å². The van der Waals surface area contributed by atoms with E-state index in [4.69, 9.17) is 11.5 Å². The molecule has 0 spiro atoms. The van der Waals surface area contributed by atoms with Gasteiger partial charge < -0.3 is 11.5 Å². The summed E-state index contributed by atoms with van der Waals surface area (Å²) in [4.78, 5) is 5.33. The Morgan fingerprint density at radius 3 is 2.26 bits per heavy atom. The molecule has 0 unspecified atom stereocenters. The molecule has 27 heavy (non-hydrogen) atoms. The summed E-state index contributed by atoms with van der Waals surface area (Å²) >= 11 is 1.41. The second kappa shape index (κ2) is 6.95. The van der Waals surface area contributed by atoms with Crippen molar-refractivity contribution in [3.05, 3.63) is 48.7 Å². The number of nitrogens with zero attached hydrogens (tertiary/aromatic N) is 1. The van der Waals surface area contributed by atoms with Crippen molar-refractivity contribution in [2.45, 2.75) is 31.2 Å². The minimum atomic E-state index is -3.75. The van der Waals surface area contributed by atoms with E-state index in [1.807, 2.05) is 24.3 Å². The van der Waals surface area contributed by atoms with Crippen LogP contribution in [0.2, 0.25) is 0 Å². The zero-order valence-corrected chi connectivity index (χ0v) is 17.0. The molecule has 6 nitrogen and oxygen atoms in total. The first-order valence-electron chi connectivity index (χ1n) is 8.31. The summed E-state index contributed by atoms with van der Waals surface area (Å²) in [6, 6.07) is 12.3. The molecule has 0 aliphatic rings. The van der Waals surface area contributed by atoms with Gasteiger partial charge in [0, 0.05) is 34.2 Å². The smallest absolute Gasteiger partial charge is 0.241 e. The summed E-state index contributed by atoms with van der Waals surface area (Å²) in [5.74, 6) is 0. The first kappa shape index (κ1) is 19.3. The van der Waals surface area contributed by atoms with Gasteiger partial charge in [0.1, 0.15) is 5.01 Å². The number of benzene rings is 2. The van der Waals surface area contributed by atoms with Crippen molar-refractivity contribution in [3.8, 4) is 21.0 Å². The lowest BCUT2D eigenvalue weighted by molar-refractivity contribution is 0.491. The molecule has 0 aliphatic carbocycles. The highest BCUT2D eigenvalue weighted by Gasteiger charge is 2.26. The Kier molecular flexibility index (Phi) is 4.98. The molecule has 0 atom stereocenters. The SMILES string of the molecule is CC(C)(C)NS(=O)(=O)c1cc(N)ccc1-c1cnc(-c2ccc(N)cc2)s1. The summed E-state index contributed by atoms with van der Waals surface area (Å²) in [5.41, 5.74) is 13.5. The second-order valence-electron chi connectivity index (χ2n) is 7.26. The third-order valence-electron chi connectivity index (χ3n) is 3.66. The molecule has 0 saturated heterocycles. The van der Waals surface area contributed by atoms with Gasteiger partial charge in [-0.3, -0.25) is 0 Å². The van der Waals surface area contributed by atoms with Crippen LogP contribution in [0.25, 0.3) is 21.0 Å². The molecule has 0 radical (unpaired) electrons. The first-order chi connectivity index (χ1) is 12.5. The van der Waals surface area contributed by atoms with E-state index in [1.165, 1.54) is 17.4 Å². The van der Waals surface area contributed by atoms with E-state index < -0.39 is 15.6 Å². The summed E-state index contributed by atoms with van der Waals surface area (Å²) in [6.07, 6.45) is 1.68. The first-order valence-corrected chi connectivity index (χ1v) is 10.6. The van der Waals surface area contributed by atoms with Crippen LogP contribution in [0.3, 0.4) is 0 Å². The van der Waals surface area contributed by atoms with E-state index in [2.05, 4.69) is 9.71 Å². The topological polar surface area (TPSA) is 111 Å². The highest BCUT2D eigenvalue weighted by Crippen LogP contribution is 2.36. The number of sulfonamides is 1. The standard InChI is InChI=1S/C19H22N4O2S2/c1-19(2,3)23-27(24,25)17-10-14(21)8-9-15(17)16-11-22-18(26-16)12-4-6-13(20)7-5-12/h4-11,23H,20-21H2,1-3H3. The number of thiazole rings is 1. The number of nitrogens with two attached hydrogens (primary N) is 2. The van der Waals surface area contributed by atoms with Crippen LogP contribution < -0.4 is 16.2 Å². The van der Waals surface area contributed by atoms with E-state index in [0.717, 1.165) is 15.4 Å². The fourth-order valence-electron chi connectivity index (χ4n) is 2.58. The van der Waals surface area contributed by atoms with Crippen molar-refractivity contribution in [2.24, 2.45) is 0 Å². The molecule has 3 rings (SSSR count). The van der Waals surface area contributed by atoms with Gasteiger partial charge in [-0.15, -0.1) is 11.3 Å². The van der Waals surface area contributed by atoms with Crippen molar-refractivity contribution in [1.82, 2.24) is 9.71 Å². The van der Waals surface area contributed by atoms with Crippen molar-refractivity contribution in [2.75, 3.05) is 11.5 Å². The molecule has 0 amide bonds. The monoisotopic (exact) mass is 402 g/mol. The Labute approximate surface area is 163 Å². The van der Waals surface area contributed by atoms with Gasteiger partial charge in [0.25, 0.3) is 0 Å². The molecular weight excluding hydrogens is 380 g/mol. The molecule has 8 heteroatoms. The number of nitrogen functional groups attached to an aromatic ring is 2. The predicted molar refractivity (Wildman–Crippen MR) is 112 cm³/mol. The van der Waals surface area contributed by atoms with Gasteiger partial charge in [0.05, 0.1) is 9.77 Å². The van der Waals surface area contributed by atoms with Gasteiger partial charge >= 0.3 is 0 Å². The van der Waals surface area contributed by atoms with Crippen molar-refractivity contribution in [1.29, 1.82) is 0 Å². The van der Waals surface area contributed by atoms with Crippen molar-refractivity contribution >= 4 is 32.7 Å². The molecule has 2 aromatic carbocycles. The number of nitrogens with one attached hydrogen (secondary N) is 1. The molecule has 1 heterocycles. The van der Waals surface area contributed by atoms with Gasteiger partial charge in [-0.2, -0.15) is 0 Å². The number of aromatic nitrogens is 1. The van der Waals surface area contributed by atoms with Crippen LogP contribution in [0.4, 0.5) is 11.4 Å². The third-order valence-corrected chi connectivity index (χ3v) is 6.54. The Bertz CT molecular complexity index is 1070. The van der Waals surface area contributed by atoms with Gasteiger partial charge in [-0.1, -0.05) is 6.07 Å². The molecule has 5 N–H and O–H groups in total. The Hall–Kier alpha value is -2.42. The fourth-order valence-corrected chi connectivity index (χ4v) is 5.28. The third kappa shape index (κ3) is 4.47. The summed E-state index contributed by atoms with van der Waals surface area (Å²) in [5, 5.41) is 0.786. The van der Waals surface area contributed by atoms with Crippen LogP contribution >= 0.6 is 11.3 Å². The molecule has 0 saturated carbocycles. The molecule has 1 aromatic heterocycles.